The summed E-state index contributed by atoms with van der Waals surface area (Å²) in [4.78, 5) is 11.8. The Kier molecular flexibility index (Phi) is 4.16. The zero-order valence-corrected chi connectivity index (χ0v) is 10.8. The highest BCUT2D eigenvalue weighted by molar-refractivity contribution is 5.94. The number of rotatable bonds is 3. The van der Waals surface area contributed by atoms with Crippen molar-refractivity contribution in [1.82, 2.24) is 5.32 Å². The third kappa shape index (κ3) is 3.98. The number of benzene rings is 2. The van der Waals surface area contributed by atoms with Crippen molar-refractivity contribution in [3.05, 3.63) is 65.2 Å². The fourth-order valence-corrected chi connectivity index (χ4v) is 1.73. The van der Waals surface area contributed by atoms with Crippen LogP contribution < -0.4 is 5.32 Å². The molecule has 1 amide bonds. The van der Waals surface area contributed by atoms with Crippen LogP contribution in [-0.2, 0) is 12.7 Å². The van der Waals surface area contributed by atoms with Gasteiger partial charge in [0.15, 0.2) is 0 Å². The molecule has 3 nitrogen and oxygen atoms in total. The molecule has 2 aromatic carbocycles. The first-order valence-electron chi connectivity index (χ1n) is 6.09. The predicted molar refractivity (Wildman–Crippen MR) is 70.7 cm³/mol. The van der Waals surface area contributed by atoms with Crippen molar-refractivity contribution in [2.24, 2.45) is 0 Å². The van der Waals surface area contributed by atoms with E-state index >= 15 is 0 Å². The number of aromatic hydroxyl groups is 1. The molecule has 0 aliphatic carbocycles. The molecule has 6 heteroatoms. The van der Waals surface area contributed by atoms with Crippen molar-refractivity contribution in [3.63, 3.8) is 0 Å². The highest BCUT2D eigenvalue weighted by Gasteiger charge is 2.30. The Bertz CT molecular complexity index is 636. The molecule has 0 aliphatic rings. The third-order valence-corrected chi connectivity index (χ3v) is 2.84. The van der Waals surface area contributed by atoms with Gasteiger partial charge in [0.05, 0.1) is 5.56 Å². The zero-order valence-electron chi connectivity index (χ0n) is 10.8. The molecule has 0 aromatic heterocycles. The quantitative estimate of drug-likeness (QED) is 0.912. The summed E-state index contributed by atoms with van der Waals surface area (Å²) >= 11 is 0. The van der Waals surface area contributed by atoms with Crippen molar-refractivity contribution in [2.45, 2.75) is 12.7 Å². The van der Waals surface area contributed by atoms with E-state index in [0.29, 0.717) is 0 Å². The van der Waals surface area contributed by atoms with E-state index < -0.39 is 17.6 Å². The van der Waals surface area contributed by atoms with Crippen LogP contribution in [-0.4, -0.2) is 11.0 Å². The molecule has 0 fully saturated rings. The van der Waals surface area contributed by atoms with E-state index in [4.69, 9.17) is 5.11 Å². The van der Waals surface area contributed by atoms with Crippen LogP contribution in [0.5, 0.6) is 5.75 Å². The number of hydrogen-bond donors (Lipinski definition) is 2. The van der Waals surface area contributed by atoms with Gasteiger partial charge in [-0.25, -0.2) is 0 Å². The van der Waals surface area contributed by atoms with E-state index in [1.54, 1.807) is 12.1 Å². The zero-order chi connectivity index (χ0) is 15.5. The monoisotopic (exact) mass is 295 g/mol. The maximum absolute atomic E-state index is 12.6. The molecular formula is C15H12F3NO2. The normalized spacial score (nSPS) is 11.2. The first kappa shape index (κ1) is 14.9. The molecule has 0 unspecified atom stereocenters. The molecule has 0 bridgehead atoms. The number of phenolic OH excluding ortho intramolecular Hbond substituents is 1. The number of amides is 1. The second-order valence-electron chi connectivity index (χ2n) is 4.43. The maximum atomic E-state index is 12.6. The molecule has 21 heavy (non-hydrogen) atoms. The summed E-state index contributed by atoms with van der Waals surface area (Å²) in [6.45, 7) is 0.162. The lowest BCUT2D eigenvalue weighted by atomic mass is 10.1. The predicted octanol–water partition coefficient (Wildman–Crippen LogP) is 3.34. The first-order valence-corrected chi connectivity index (χ1v) is 6.09. The summed E-state index contributed by atoms with van der Waals surface area (Å²) in [7, 11) is 0. The Morgan fingerprint density at radius 1 is 1.10 bits per heavy atom. The molecule has 0 radical (unpaired) electrons. The van der Waals surface area contributed by atoms with Gasteiger partial charge in [-0.1, -0.05) is 18.2 Å². The largest absolute Gasteiger partial charge is 0.508 e. The van der Waals surface area contributed by atoms with Crippen molar-refractivity contribution >= 4 is 5.91 Å². The number of carbonyl (C=O) groups is 1. The highest BCUT2D eigenvalue weighted by atomic mass is 19.4. The second kappa shape index (κ2) is 5.87. The molecular weight excluding hydrogens is 283 g/mol. The lowest BCUT2D eigenvalue weighted by molar-refractivity contribution is -0.137. The minimum atomic E-state index is -4.48. The van der Waals surface area contributed by atoms with E-state index in [1.165, 1.54) is 24.3 Å². The average molecular weight is 295 g/mol. The van der Waals surface area contributed by atoms with Crippen LogP contribution >= 0.6 is 0 Å². The molecule has 0 saturated heterocycles. The van der Waals surface area contributed by atoms with Gasteiger partial charge in [-0.3, -0.25) is 4.79 Å². The van der Waals surface area contributed by atoms with Gasteiger partial charge < -0.3 is 10.4 Å². The topological polar surface area (TPSA) is 49.3 Å². The van der Waals surface area contributed by atoms with Crippen LogP contribution in [0.2, 0.25) is 0 Å². The van der Waals surface area contributed by atoms with Gasteiger partial charge in [0, 0.05) is 12.1 Å². The minimum Gasteiger partial charge on any atom is -0.508 e. The fourth-order valence-electron chi connectivity index (χ4n) is 1.73. The summed E-state index contributed by atoms with van der Waals surface area (Å²) < 4.78 is 37.7. The Morgan fingerprint density at radius 2 is 1.76 bits per heavy atom. The van der Waals surface area contributed by atoms with Crippen molar-refractivity contribution in [1.29, 1.82) is 0 Å². The lowest BCUT2D eigenvalue weighted by Gasteiger charge is -2.09. The van der Waals surface area contributed by atoms with Gasteiger partial charge in [0.1, 0.15) is 5.75 Å². The smallest absolute Gasteiger partial charge is 0.416 e. The minimum absolute atomic E-state index is 0.0522. The van der Waals surface area contributed by atoms with E-state index in [1.807, 2.05) is 0 Å². The molecule has 0 heterocycles. The molecule has 2 N–H and O–H groups in total. The van der Waals surface area contributed by atoms with E-state index in [2.05, 4.69) is 5.32 Å². The molecule has 2 rings (SSSR count). The Morgan fingerprint density at radius 3 is 2.38 bits per heavy atom. The van der Waals surface area contributed by atoms with Gasteiger partial charge in [0.2, 0.25) is 0 Å². The second-order valence-corrected chi connectivity index (χ2v) is 4.43. The Hall–Kier alpha value is -2.50. The summed E-state index contributed by atoms with van der Waals surface area (Å²) in [5, 5.41) is 11.7. The van der Waals surface area contributed by atoms with Crippen molar-refractivity contribution in [2.75, 3.05) is 0 Å². The summed E-state index contributed by atoms with van der Waals surface area (Å²) in [5.41, 5.74) is -0.184. The van der Waals surface area contributed by atoms with Crippen molar-refractivity contribution < 1.29 is 23.1 Å². The van der Waals surface area contributed by atoms with Gasteiger partial charge in [-0.2, -0.15) is 13.2 Å². The summed E-state index contributed by atoms with van der Waals surface area (Å²) in [5.74, 6) is -0.489. The van der Waals surface area contributed by atoms with E-state index in [0.717, 1.165) is 17.7 Å². The molecule has 2 aromatic rings. The van der Waals surface area contributed by atoms with Crippen LogP contribution in [0.4, 0.5) is 13.2 Å². The van der Waals surface area contributed by atoms with E-state index in [-0.39, 0.29) is 17.9 Å². The average Bonchev–Trinajstić information content (AvgIpc) is 2.45. The standard InChI is InChI=1S/C15H12F3NO2/c16-15(17,18)12-3-1-2-11(8-12)14(21)19-9-10-4-6-13(20)7-5-10/h1-8,20H,9H2,(H,19,21). The van der Waals surface area contributed by atoms with Gasteiger partial charge in [-0.15, -0.1) is 0 Å². The summed E-state index contributed by atoms with van der Waals surface area (Å²) in [6, 6.07) is 10.4. The molecule has 0 atom stereocenters. The van der Waals surface area contributed by atoms with Gasteiger partial charge in [0.25, 0.3) is 5.91 Å². The Balaban J connectivity index is 2.05. The number of halogens is 3. The van der Waals surface area contributed by atoms with Crippen LogP contribution in [0.1, 0.15) is 21.5 Å². The molecule has 0 spiro atoms. The van der Waals surface area contributed by atoms with Gasteiger partial charge >= 0.3 is 6.18 Å². The maximum Gasteiger partial charge on any atom is 0.416 e. The number of carbonyl (C=O) groups excluding carboxylic acids is 1. The number of phenols is 1. The number of nitrogens with one attached hydrogen (secondary N) is 1. The van der Waals surface area contributed by atoms with Crippen LogP contribution in [0.3, 0.4) is 0 Å². The van der Waals surface area contributed by atoms with E-state index in [9.17, 15) is 18.0 Å². The first-order chi connectivity index (χ1) is 9.86. The van der Waals surface area contributed by atoms with Crippen LogP contribution in [0.15, 0.2) is 48.5 Å². The molecule has 110 valence electrons. The van der Waals surface area contributed by atoms with Crippen molar-refractivity contribution in [3.8, 4) is 5.75 Å². The highest BCUT2D eigenvalue weighted by Crippen LogP contribution is 2.29. The summed E-state index contributed by atoms with van der Waals surface area (Å²) in [6.07, 6.45) is -4.48. The Labute approximate surface area is 119 Å². The SMILES string of the molecule is O=C(NCc1ccc(O)cc1)c1cccc(C(F)(F)F)c1. The van der Waals surface area contributed by atoms with Crippen LogP contribution in [0, 0.1) is 0 Å². The fraction of sp³-hybridized carbons (Fsp3) is 0.133. The molecule has 0 saturated carbocycles. The number of alkyl halides is 3. The lowest BCUT2D eigenvalue weighted by Crippen LogP contribution is -2.23. The molecule has 0 aliphatic heterocycles. The third-order valence-electron chi connectivity index (χ3n) is 2.84. The van der Waals surface area contributed by atoms with Gasteiger partial charge in [-0.05, 0) is 35.9 Å². The van der Waals surface area contributed by atoms with Crippen LogP contribution in [0.25, 0.3) is 0 Å². The number of hydrogen-bond acceptors (Lipinski definition) is 2.